The predicted molar refractivity (Wildman–Crippen MR) is 96.0 cm³/mol. The number of hydrogen-bond acceptors (Lipinski definition) is 4. The molecule has 0 aromatic heterocycles. The second kappa shape index (κ2) is 7.65. The van der Waals surface area contributed by atoms with Gasteiger partial charge in [-0.25, -0.2) is 0 Å². The number of aliphatic hydroxyl groups excluding tert-OH is 1. The van der Waals surface area contributed by atoms with Gasteiger partial charge >= 0.3 is 0 Å². The lowest BCUT2D eigenvalue weighted by Crippen LogP contribution is -2.36. The van der Waals surface area contributed by atoms with Crippen LogP contribution in [0.25, 0.3) is 0 Å². The fraction of sp³-hybridized carbons (Fsp3) is 0.684. The molecule has 2 unspecified atom stereocenters. The summed E-state index contributed by atoms with van der Waals surface area (Å²) in [6, 6.07) is 9.13. The van der Waals surface area contributed by atoms with Gasteiger partial charge in [0.15, 0.2) is 0 Å². The van der Waals surface area contributed by atoms with Crippen molar-refractivity contribution in [2.45, 2.75) is 51.4 Å². The minimum absolute atomic E-state index is 0.203. The van der Waals surface area contributed by atoms with Crippen molar-refractivity contribution in [1.82, 2.24) is 4.90 Å². The monoisotopic (exact) mass is 320 g/mol. The molecule has 1 N–H and O–H groups in total. The average molecular weight is 320 g/mol. The third-order valence-electron chi connectivity index (χ3n) is 4.29. The summed E-state index contributed by atoms with van der Waals surface area (Å²) in [6.07, 6.45) is 1.90. The van der Waals surface area contributed by atoms with E-state index < -0.39 is 6.10 Å². The SMILES string of the molecule is CN(C)c1cccc(C2CCCN2CC(O)COC(C)(C)C)c1. The van der Waals surface area contributed by atoms with E-state index in [1.54, 1.807) is 0 Å². The van der Waals surface area contributed by atoms with Crippen LogP contribution < -0.4 is 4.90 Å². The second-order valence-corrected chi connectivity index (χ2v) is 7.72. The summed E-state index contributed by atoms with van der Waals surface area (Å²) in [4.78, 5) is 4.53. The smallest absolute Gasteiger partial charge is 0.0900 e. The third kappa shape index (κ3) is 5.48. The Bertz CT molecular complexity index is 496. The standard InChI is InChI=1S/C19H32N2O2/c1-19(2,3)23-14-17(22)13-21-11-7-10-18(21)15-8-6-9-16(12-15)20(4)5/h6,8-9,12,17-18,22H,7,10-11,13-14H2,1-5H3. The van der Waals surface area contributed by atoms with E-state index in [2.05, 4.69) is 48.2 Å². The zero-order valence-corrected chi connectivity index (χ0v) is 15.2. The molecule has 2 atom stereocenters. The van der Waals surface area contributed by atoms with Gasteiger partial charge in [0.05, 0.1) is 18.3 Å². The Labute approximate surface area is 141 Å². The number of rotatable bonds is 6. The maximum absolute atomic E-state index is 10.3. The summed E-state index contributed by atoms with van der Waals surface area (Å²) in [7, 11) is 4.14. The normalized spacial score (nSPS) is 20.7. The van der Waals surface area contributed by atoms with Crippen LogP contribution in [0.15, 0.2) is 24.3 Å². The molecule has 1 aromatic carbocycles. The molecule has 1 aromatic rings. The molecule has 23 heavy (non-hydrogen) atoms. The summed E-state index contributed by atoms with van der Waals surface area (Å²) in [6.45, 7) is 8.17. The highest BCUT2D eigenvalue weighted by Crippen LogP contribution is 2.33. The molecule has 0 saturated carbocycles. The molecule has 0 bridgehead atoms. The lowest BCUT2D eigenvalue weighted by molar-refractivity contribution is -0.0569. The zero-order chi connectivity index (χ0) is 17.0. The Kier molecular flexibility index (Phi) is 6.06. The van der Waals surface area contributed by atoms with E-state index in [0.717, 1.165) is 13.0 Å². The molecule has 1 aliphatic heterocycles. The number of nitrogens with zero attached hydrogens (tertiary/aromatic N) is 2. The van der Waals surface area contributed by atoms with Gasteiger partial charge < -0.3 is 14.7 Å². The molecule has 130 valence electrons. The summed E-state index contributed by atoms with van der Waals surface area (Å²) in [5, 5.41) is 10.3. The molecule has 0 amide bonds. The van der Waals surface area contributed by atoms with Crippen molar-refractivity contribution in [3.63, 3.8) is 0 Å². The number of benzene rings is 1. The molecule has 0 aliphatic carbocycles. The average Bonchev–Trinajstić information content (AvgIpc) is 2.92. The van der Waals surface area contributed by atoms with Crippen LogP contribution in [0.5, 0.6) is 0 Å². The Balaban J connectivity index is 1.98. The Morgan fingerprint density at radius 2 is 2.09 bits per heavy atom. The first-order valence-corrected chi connectivity index (χ1v) is 8.59. The molecule has 1 fully saturated rings. The van der Waals surface area contributed by atoms with E-state index in [4.69, 9.17) is 4.74 Å². The molecule has 1 saturated heterocycles. The van der Waals surface area contributed by atoms with Crippen molar-refractivity contribution < 1.29 is 9.84 Å². The third-order valence-corrected chi connectivity index (χ3v) is 4.29. The highest BCUT2D eigenvalue weighted by atomic mass is 16.5. The van der Waals surface area contributed by atoms with Crippen LogP contribution in [0.4, 0.5) is 5.69 Å². The van der Waals surface area contributed by atoms with E-state index in [0.29, 0.717) is 19.2 Å². The Hall–Kier alpha value is -1.10. The van der Waals surface area contributed by atoms with Gasteiger partial charge in [-0.05, 0) is 57.9 Å². The van der Waals surface area contributed by atoms with Gasteiger partial charge in [0.2, 0.25) is 0 Å². The molecular formula is C19H32N2O2. The number of anilines is 1. The fourth-order valence-electron chi connectivity index (χ4n) is 3.10. The summed E-state index contributed by atoms with van der Waals surface area (Å²) >= 11 is 0. The largest absolute Gasteiger partial charge is 0.389 e. The van der Waals surface area contributed by atoms with Gasteiger partial charge in [0, 0.05) is 32.4 Å². The van der Waals surface area contributed by atoms with Gasteiger partial charge in [0.1, 0.15) is 0 Å². The summed E-state index contributed by atoms with van der Waals surface area (Å²) in [5.74, 6) is 0. The van der Waals surface area contributed by atoms with Gasteiger partial charge in [-0.15, -0.1) is 0 Å². The number of likely N-dealkylation sites (tertiary alicyclic amines) is 1. The van der Waals surface area contributed by atoms with Crippen LogP contribution in [-0.2, 0) is 4.74 Å². The van der Waals surface area contributed by atoms with Crippen molar-refractivity contribution in [2.75, 3.05) is 38.7 Å². The van der Waals surface area contributed by atoms with E-state index >= 15 is 0 Å². The fourth-order valence-corrected chi connectivity index (χ4v) is 3.10. The van der Waals surface area contributed by atoms with Crippen molar-refractivity contribution in [1.29, 1.82) is 0 Å². The maximum Gasteiger partial charge on any atom is 0.0900 e. The van der Waals surface area contributed by atoms with E-state index in [1.165, 1.54) is 17.7 Å². The molecule has 0 spiro atoms. The molecule has 2 rings (SSSR count). The molecule has 1 aliphatic rings. The Morgan fingerprint density at radius 3 is 2.74 bits per heavy atom. The first kappa shape index (κ1) is 18.2. The van der Waals surface area contributed by atoms with E-state index in [9.17, 15) is 5.11 Å². The van der Waals surface area contributed by atoms with Crippen molar-refractivity contribution in [3.05, 3.63) is 29.8 Å². The lowest BCUT2D eigenvalue weighted by atomic mass is 10.0. The molecule has 4 heteroatoms. The van der Waals surface area contributed by atoms with E-state index in [-0.39, 0.29) is 5.60 Å². The van der Waals surface area contributed by atoms with Crippen LogP contribution in [0, 0.1) is 0 Å². The molecule has 1 heterocycles. The number of hydrogen-bond donors (Lipinski definition) is 1. The highest BCUT2D eigenvalue weighted by molar-refractivity contribution is 5.48. The lowest BCUT2D eigenvalue weighted by Gasteiger charge is -2.29. The van der Waals surface area contributed by atoms with Crippen LogP contribution >= 0.6 is 0 Å². The molecular weight excluding hydrogens is 288 g/mol. The van der Waals surface area contributed by atoms with Crippen LogP contribution in [-0.4, -0.2) is 55.5 Å². The quantitative estimate of drug-likeness (QED) is 0.874. The second-order valence-electron chi connectivity index (χ2n) is 7.72. The topological polar surface area (TPSA) is 35.9 Å². The first-order valence-electron chi connectivity index (χ1n) is 8.59. The van der Waals surface area contributed by atoms with Crippen molar-refractivity contribution >= 4 is 5.69 Å². The van der Waals surface area contributed by atoms with Gasteiger partial charge in [0.25, 0.3) is 0 Å². The summed E-state index contributed by atoms with van der Waals surface area (Å²) in [5.41, 5.74) is 2.37. The van der Waals surface area contributed by atoms with Gasteiger partial charge in [-0.3, -0.25) is 4.90 Å². The minimum Gasteiger partial charge on any atom is -0.389 e. The predicted octanol–water partition coefficient (Wildman–Crippen LogP) is 3.07. The number of β-amino-alcohol motifs (C(OH)–C–C–N with tert-alkyl or cyclic N) is 1. The van der Waals surface area contributed by atoms with Gasteiger partial charge in [-0.2, -0.15) is 0 Å². The Morgan fingerprint density at radius 1 is 1.35 bits per heavy atom. The van der Waals surface area contributed by atoms with Crippen LogP contribution in [0.2, 0.25) is 0 Å². The van der Waals surface area contributed by atoms with Crippen molar-refractivity contribution in [2.24, 2.45) is 0 Å². The van der Waals surface area contributed by atoms with E-state index in [1.807, 2.05) is 20.8 Å². The number of ether oxygens (including phenoxy) is 1. The first-order chi connectivity index (χ1) is 10.8. The van der Waals surface area contributed by atoms with Gasteiger partial charge in [-0.1, -0.05) is 12.1 Å². The van der Waals surface area contributed by atoms with Crippen LogP contribution in [0.1, 0.15) is 45.2 Å². The zero-order valence-electron chi connectivity index (χ0n) is 15.2. The minimum atomic E-state index is -0.438. The molecule has 0 radical (unpaired) electrons. The van der Waals surface area contributed by atoms with Crippen LogP contribution in [0.3, 0.4) is 0 Å². The maximum atomic E-state index is 10.3. The highest BCUT2D eigenvalue weighted by Gasteiger charge is 2.28. The molecule has 4 nitrogen and oxygen atoms in total. The van der Waals surface area contributed by atoms with Crippen molar-refractivity contribution in [3.8, 4) is 0 Å². The number of aliphatic hydroxyl groups is 1. The summed E-state index contributed by atoms with van der Waals surface area (Å²) < 4.78 is 5.71.